The summed E-state index contributed by atoms with van der Waals surface area (Å²) in [6.45, 7) is 2.61. The van der Waals surface area contributed by atoms with E-state index < -0.39 is 11.9 Å². The summed E-state index contributed by atoms with van der Waals surface area (Å²) in [6.07, 6.45) is -0.520. The molecule has 1 aromatic carbocycles. The molecule has 0 spiro atoms. The highest BCUT2D eigenvalue weighted by Crippen LogP contribution is 2.12. The lowest BCUT2D eigenvalue weighted by molar-refractivity contribution is 0.0562. The standard InChI is InChI=1S/C15H17FN2O3/c16-10-1-2-14-13(5-10)15(20)6-11(17-14)7-18-3-4-21-9-12(19)8-18/h1-2,5-6,12,19H,3-4,7-9H2,(H,17,20)/t12-/m1/s1. The monoisotopic (exact) mass is 292 g/mol. The molecule has 3 rings (SSSR count). The molecule has 2 aromatic rings. The van der Waals surface area contributed by atoms with Gasteiger partial charge in [0, 0.05) is 42.3 Å². The molecule has 112 valence electrons. The van der Waals surface area contributed by atoms with Crippen LogP contribution in [0.1, 0.15) is 5.69 Å². The number of pyridine rings is 1. The topological polar surface area (TPSA) is 65.6 Å². The Labute approximate surface area is 121 Å². The van der Waals surface area contributed by atoms with Crippen LogP contribution in [0, 0.1) is 5.82 Å². The quantitative estimate of drug-likeness (QED) is 0.861. The number of aliphatic hydroxyl groups is 1. The van der Waals surface area contributed by atoms with Gasteiger partial charge < -0.3 is 14.8 Å². The van der Waals surface area contributed by atoms with E-state index in [9.17, 15) is 14.3 Å². The first-order chi connectivity index (χ1) is 10.1. The maximum absolute atomic E-state index is 13.2. The summed E-state index contributed by atoms with van der Waals surface area (Å²) >= 11 is 0. The Morgan fingerprint density at radius 2 is 2.29 bits per heavy atom. The molecule has 0 bridgehead atoms. The van der Waals surface area contributed by atoms with Gasteiger partial charge in [0.15, 0.2) is 5.43 Å². The van der Waals surface area contributed by atoms with Crippen LogP contribution in [0.25, 0.3) is 10.9 Å². The second-order valence-electron chi connectivity index (χ2n) is 5.31. The van der Waals surface area contributed by atoms with E-state index in [0.29, 0.717) is 43.8 Å². The molecule has 0 amide bonds. The molecule has 1 fully saturated rings. The van der Waals surface area contributed by atoms with Crippen molar-refractivity contribution in [3.05, 3.63) is 46.0 Å². The molecule has 2 heterocycles. The number of aliphatic hydroxyl groups excluding tert-OH is 1. The highest BCUT2D eigenvalue weighted by molar-refractivity contribution is 5.78. The molecule has 0 aliphatic carbocycles. The van der Waals surface area contributed by atoms with Crippen LogP contribution in [0.2, 0.25) is 0 Å². The summed E-state index contributed by atoms with van der Waals surface area (Å²) in [5.74, 6) is -0.423. The van der Waals surface area contributed by atoms with Crippen LogP contribution in [0.5, 0.6) is 0 Å². The maximum Gasteiger partial charge on any atom is 0.189 e. The van der Waals surface area contributed by atoms with Gasteiger partial charge in [-0.3, -0.25) is 9.69 Å². The second kappa shape index (κ2) is 5.93. The minimum Gasteiger partial charge on any atom is -0.389 e. The van der Waals surface area contributed by atoms with E-state index in [2.05, 4.69) is 4.98 Å². The molecule has 1 saturated heterocycles. The number of fused-ring (bicyclic) bond motifs is 1. The van der Waals surface area contributed by atoms with Crippen molar-refractivity contribution in [2.24, 2.45) is 0 Å². The van der Waals surface area contributed by atoms with E-state index in [1.165, 1.54) is 18.2 Å². The van der Waals surface area contributed by atoms with Crippen LogP contribution < -0.4 is 5.43 Å². The number of rotatable bonds is 2. The Morgan fingerprint density at radius 1 is 1.43 bits per heavy atom. The number of H-pyrrole nitrogens is 1. The lowest BCUT2D eigenvalue weighted by Crippen LogP contribution is -2.32. The zero-order chi connectivity index (χ0) is 14.8. The van der Waals surface area contributed by atoms with Gasteiger partial charge in [0.05, 0.1) is 19.3 Å². The van der Waals surface area contributed by atoms with Crippen molar-refractivity contribution < 1.29 is 14.2 Å². The van der Waals surface area contributed by atoms with Gasteiger partial charge in [0.1, 0.15) is 5.82 Å². The predicted molar refractivity (Wildman–Crippen MR) is 76.6 cm³/mol. The van der Waals surface area contributed by atoms with Gasteiger partial charge >= 0.3 is 0 Å². The van der Waals surface area contributed by atoms with Crippen LogP contribution in [0.4, 0.5) is 4.39 Å². The van der Waals surface area contributed by atoms with E-state index >= 15 is 0 Å². The van der Waals surface area contributed by atoms with Crippen molar-refractivity contribution in [2.75, 3.05) is 26.3 Å². The average molecular weight is 292 g/mol. The van der Waals surface area contributed by atoms with Crippen molar-refractivity contribution in [1.29, 1.82) is 0 Å². The average Bonchev–Trinajstić information content (AvgIpc) is 2.64. The Hall–Kier alpha value is -1.76. The predicted octanol–water partition coefficient (Wildman–Crippen LogP) is 0.860. The summed E-state index contributed by atoms with van der Waals surface area (Å²) in [6, 6.07) is 5.61. The minimum absolute atomic E-state index is 0.204. The summed E-state index contributed by atoms with van der Waals surface area (Å²) in [7, 11) is 0. The van der Waals surface area contributed by atoms with Gasteiger partial charge in [-0.15, -0.1) is 0 Å². The third kappa shape index (κ3) is 3.29. The molecule has 5 nitrogen and oxygen atoms in total. The van der Waals surface area contributed by atoms with Crippen molar-refractivity contribution in [2.45, 2.75) is 12.6 Å². The molecule has 1 atom stereocenters. The third-order valence-corrected chi connectivity index (χ3v) is 3.57. The molecule has 2 N–H and O–H groups in total. The van der Waals surface area contributed by atoms with E-state index in [0.717, 1.165) is 5.69 Å². The van der Waals surface area contributed by atoms with Gasteiger partial charge in [-0.1, -0.05) is 0 Å². The lowest BCUT2D eigenvalue weighted by atomic mass is 10.2. The Balaban J connectivity index is 1.87. The van der Waals surface area contributed by atoms with Gasteiger partial charge in [0.2, 0.25) is 0 Å². The molecular formula is C15H17FN2O3. The van der Waals surface area contributed by atoms with E-state index in [-0.39, 0.29) is 5.43 Å². The SMILES string of the molecule is O=c1cc(CN2CCOC[C@H](O)C2)[nH]c2ccc(F)cc12. The fourth-order valence-corrected chi connectivity index (χ4v) is 2.60. The summed E-state index contributed by atoms with van der Waals surface area (Å²) in [4.78, 5) is 17.2. The van der Waals surface area contributed by atoms with Crippen LogP contribution in [0.3, 0.4) is 0 Å². The number of nitrogens with one attached hydrogen (secondary N) is 1. The van der Waals surface area contributed by atoms with Crippen LogP contribution >= 0.6 is 0 Å². The second-order valence-corrected chi connectivity index (χ2v) is 5.31. The Morgan fingerprint density at radius 3 is 3.14 bits per heavy atom. The third-order valence-electron chi connectivity index (χ3n) is 3.57. The fraction of sp³-hybridized carbons (Fsp3) is 0.400. The zero-order valence-electron chi connectivity index (χ0n) is 11.5. The molecule has 0 unspecified atom stereocenters. The fourth-order valence-electron chi connectivity index (χ4n) is 2.60. The number of aromatic nitrogens is 1. The molecular weight excluding hydrogens is 275 g/mol. The molecule has 1 aliphatic rings. The number of nitrogens with zero attached hydrogens (tertiary/aromatic N) is 1. The number of β-amino-alcohol motifs (C(OH)–C–C–N with tert-alkyl or cyclic N) is 1. The van der Waals surface area contributed by atoms with Gasteiger partial charge in [-0.05, 0) is 18.2 Å². The van der Waals surface area contributed by atoms with Gasteiger partial charge in [-0.2, -0.15) is 0 Å². The smallest absolute Gasteiger partial charge is 0.189 e. The normalized spacial score (nSPS) is 20.6. The van der Waals surface area contributed by atoms with Crippen molar-refractivity contribution in [1.82, 2.24) is 9.88 Å². The van der Waals surface area contributed by atoms with Crippen LogP contribution in [0.15, 0.2) is 29.1 Å². The number of aromatic amines is 1. The molecule has 21 heavy (non-hydrogen) atoms. The van der Waals surface area contributed by atoms with Crippen molar-refractivity contribution in [3.8, 4) is 0 Å². The summed E-state index contributed by atoms with van der Waals surface area (Å²) in [5.41, 5.74) is 1.16. The van der Waals surface area contributed by atoms with Gasteiger partial charge in [-0.25, -0.2) is 4.39 Å². The number of ether oxygens (including phenoxy) is 1. The highest BCUT2D eigenvalue weighted by Gasteiger charge is 2.17. The number of halogens is 1. The number of benzene rings is 1. The van der Waals surface area contributed by atoms with Gasteiger partial charge in [0.25, 0.3) is 0 Å². The highest BCUT2D eigenvalue weighted by atomic mass is 19.1. The number of hydrogen-bond acceptors (Lipinski definition) is 4. The van der Waals surface area contributed by atoms with E-state index in [4.69, 9.17) is 4.74 Å². The Kier molecular flexibility index (Phi) is 4.01. The number of hydrogen-bond donors (Lipinski definition) is 2. The largest absolute Gasteiger partial charge is 0.389 e. The first kappa shape index (κ1) is 14.2. The lowest BCUT2D eigenvalue weighted by Gasteiger charge is -2.20. The first-order valence-electron chi connectivity index (χ1n) is 6.91. The molecule has 6 heteroatoms. The summed E-state index contributed by atoms with van der Waals surface area (Å²) < 4.78 is 18.5. The van der Waals surface area contributed by atoms with Crippen molar-refractivity contribution >= 4 is 10.9 Å². The Bertz CT molecular complexity index is 701. The van der Waals surface area contributed by atoms with Crippen molar-refractivity contribution in [3.63, 3.8) is 0 Å². The molecule has 1 aromatic heterocycles. The minimum atomic E-state index is -0.520. The van der Waals surface area contributed by atoms with E-state index in [1.54, 1.807) is 6.07 Å². The van der Waals surface area contributed by atoms with E-state index in [1.807, 2.05) is 4.90 Å². The van der Waals surface area contributed by atoms with Crippen LogP contribution in [-0.2, 0) is 11.3 Å². The molecule has 1 aliphatic heterocycles. The molecule has 0 saturated carbocycles. The first-order valence-corrected chi connectivity index (χ1v) is 6.91. The molecule has 0 radical (unpaired) electrons. The zero-order valence-corrected chi connectivity index (χ0v) is 11.5. The van der Waals surface area contributed by atoms with Crippen LogP contribution in [-0.4, -0.2) is 47.4 Å². The maximum atomic E-state index is 13.2. The summed E-state index contributed by atoms with van der Waals surface area (Å²) in [5, 5.41) is 10.1.